The lowest BCUT2D eigenvalue weighted by Crippen LogP contribution is -2.59. The monoisotopic (exact) mass is 944 g/mol. The maximum atomic E-state index is 14.9. The molecule has 5 unspecified atom stereocenters. The molecule has 3 saturated heterocycles. The van der Waals surface area contributed by atoms with E-state index in [-0.39, 0.29) is 54.0 Å². The number of hydrogen-bond donors (Lipinski definition) is 3. The zero-order valence-corrected chi connectivity index (χ0v) is 42.5. The third-order valence-electron chi connectivity index (χ3n) is 14.5. The van der Waals surface area contributed by atoms with Crippen LogP contribution < -0.4 is 33.0 Å². The Morgan fingerprint density at radius 1 is 0.612 bits per heavy atom. The van der Waals surface area contributed by atoms with Crippen LogP contribution in [-0.2, 0) is 33.8 Å². The molecule has 0 aromatic carbocycles. The molecule has 5 fully saturated rings. The van der Waals surface area contributed by atoms with E-state index < -0.39 is 46.2 Å². The molecule has 18 nitrogen and oxygen atoms in total. The molecule has 0 radical (unpaired) electrons. The number of amides is 3. The number of alkyl carbamates (subject to hydrolysis) is 3. The second-order valence-electron chi connectivity index (χ2n) is 24.0. The Bertz CT molecular complexity index is 1940. The minimum atomic E-state index is -0.668. The minimum absolute atomic E-state index is 0.0413. The van der Waals surface area contributed by atoms with Gasteiger partial charge in [-0.05, 0) is 91.3 Å². The SMILES string of the molecule is CCCC(C)(C)CC(CCCn1c(=O)n(CC2(C)CC(NC(=O)OCCN3CC3)CC(C)(C)C2)c(=O)n(CC2(C)CC(NC(=O)OCCN3CC3)CC(C)(C)C2)c1=O)NC(=O)OCCN1CC1. The first-order chi connectivity index (χ1) is 31.4. The van der Waals surface area contributed by atoms with E-state index in [0.29, 0.717) is 97.2 Å². The van der Waals surface area contributed by atoms with E-state index in [0.717, 1.165) is 52.1 Å². The number of carbonyl (C=O) groups excluding carboxylic acids is 3. The zero-order valence-electron chi connectivity index (χ0n) is 42.5. The predicted molar refractivity (Wildman–Crippen MR) is 257 cm³/mol. The van der Waals surface area contributed by atoms with Crippen molar-refractivity contribution < 1.29 is 28.6 Å². The van der Waals surface area contributed by atoms with E-state index >= 15 is 0 Å². The summed E-state index contributed by atoms with van der Waals surface area (Å²) in [4.78, 5) is 90.0. The van der Waals surface area contributed by atoms with Crippen molar-refractivity contribution in [1.29, 1.82) is 0 Å². The quantitative estimate of drug-likeness (QED) is 0.0948. The van der Waals surface area contributed by atoms with Gasteiger partial charge in [-0.3, -0.25) is 14.7 Å². The average molecular weight is 944 g/mol. The fourth-order valence-electron chi connectivity index (χ4n) is 12.1. The van der Waals surface area contributed by atoms with Crippen molar-refractivity contribution in [2.45, 2.75) is 171 Å². The second kappa shape index (κ2) is 21.8. The summed E-state index contributed by atoms with van der Waals surface area (Å²) in [5.74, 6) is 0. The molecule has 2 aliphatic carbocycles. The van der Waals surface area contributed by atoms with Gasteiger partial charge in [0, 0.05) is 96.7 Å². The average Bonchev–Trinajstić information content (AvgIpc) is 4.03. The summed E-state index contributed by atoms with van der Waals surface area (Å²) in [5.41, 5.74) is -3.78. The first-order valence-corrected chi connectivity index (χ1v) is 25.4. The van der Waals surface area contributed by atoms with Gasteiger partial charge in [0.2, 0.25) is 0 Å². The highest BCUT2D eigenvalue weighted by atomic mass is 16.6. The van der Waals surface area contributed by atoms with Crippen molar-refractivity contribution in [3.63, 3.8) is 0 Å². The Hall–Kier alpha value is -3.90. The molecule has 5 aliphatic rings. The van der Waals surface area contributed by atoms with Crippen molar-refractivity contribution in [3.05, 3.63) is 31.5 Å². The van der Waals surface area contributed by atoms with Crippen LogP contribution in [0.1, 0.15) is 133 Å². The molecular formula is C49H85N9O9. The summed E-state index contributed by atoms with van der Waals surface area (Å²) in [6.45, 7) is 28.4. The number of aromatic nitrogens is 3. The molecule has 18 heteroatoms. The van der Waals surface area contributed by atoms with Crippen molar-refractivity contribution in [3.8, 4) is 0 Å². The van der Waals surface area contributed by atoms with Crippen LogP contribution in [0.4, 0.5) is 14.4 Å². The van der Waals surface area contributed by atoms with Crippen molar-refractivity contribution in [1.82, 2.24) is 44.4 Å². The molecular weight excluding hydrogens is 859 g/mol. The smallest absolute Gasteiger partial charge is 0.407 e. The molecule has 380 valence electrons. The van der Waals surface area contributed by atoms with Gasteiger partial charge in [0.05, 0.1) is 0 Å². The highest BCUT2D eigenvalue weighted by Gasteiger charge is 2.45. The van der Waals surface area contributed by atoms with E-state index in [9.17, 15) is 28.8 Å². The summed E-state index contributed by atoms with van der Waals surface area (Å²) < 4.78 is 20.3. The predicted octanol–water partition coefficient (Wildman–Crippen LogP) is 4.83. The second-order valence-corrected chi connectivity index (χ2v) is 24.0. The summed E-state index contributed by atoms with van der Waals surface area (Å²) in [6.07, 6.45) is 5.85. The number of rotatable bonds is 24. The van der Waals surface area contributed by atoms with Crippen LogP contribution in [0.15, 0.2) is 14.4 Å². The van der Waals surface area contributed by atoms with Gasteiger partial charge >= 0.3 is 35.3 Å². The van der Waals surface area contributed by atoms with Gasteiger partial charge < -0.3 is 30.2 Å². The van der Waals surface area contributed by atoms with Crippen LogP contribution in [0.3, 0.4) is 0 Å². The van der Waals surface area contributed by atoms with E-state index in [1.807, 2.05) is 0 Å². The van der Waals surface area contributed by atoms with Crippen LogP contribution >= 0.6 is 0 Å². The van der Waals surface area contributed by atoms with Gasteiger partial charge in [-0.1, -0.05) is 68.7 Å². The Kier molecular flexibility index (Phi) is 17.1. The van der Waals surface area contributed by atoms with E-state index in [1.54, 1.807) is 0 Å². The molecule has 3 aliphatic heterocycles. The van der Waals surface area contributed by atoms with E-state index in [4.69, 9.17) is 14.2 Å². The van der Waals surface area contributed by atoms with Gasteiger partial charge in [-0.25, -0.2) is 42.5 Å². The first-order valence-electron chi connectivity index (χ1n) is 25.4. The minimum Gasteiger partial charge on any atom is -0.448 e. The number of hydrogen-bond acceptors (Lipinski definition) is 12. The lowest BCUT2D eigenvalue weighted by Gasteiger charge is -2.47. The third-order valence-corrected chi connectivity index (χ3v) is 14.5. The Balaban J connectivity index is 1.26. The molecule has 5 atom stereocenters. The fourth-order valence-corrected chi connectivity index (χ4v) is 12.1. The fraction of sp³-hybridized carbons (Fsp3) is 0.878. The van der Waals surface area contributed by atoms with Gasteiger partial charge in [0.25, 0.3) is 0 Å². The van der Waals surface area contributed by atoms with Gasteiger partial charge in [0.15, 0.2) is 0 Å². The summed E-state index contributed by atoms with van der Waals surface area (Å²) >= 11 is 0. The standard InChI is InChI=1S/C49H85N9O9/c1-10-13-45(2,3)27-36(50-39(59)65-24-21-53-15-16-53)12-11-14-56-42(62)57(34-48(8)30-37(28-46(4,5)32-48)51-40(60)66-25-22-54-17-18-54)44(64)58(43(56)63)35-49(9)31-38(29-47(6,7)33-49)52-41(61)67-26-23-55-19-20-55/h36-38H,10-35H2,1-9H3,(H,50,59)(H,51,60)(H,52,61). The summed E-state index contributed by atoms with van der Waals surface area (Å²) in [6, 6.07) is -0.775. The number of ether oxygens (including phenoxy) is 3. The normalized spacial score (nSPS) is 26.3. The number of carbonyl (C=O) groups is 3. The summed E-state index contributed by atoms with van der Waals surface area (Å²) in [5, 5.41) is 9.25. The highest BCUT2D eigenvalue weighted by molar-refractivity contribution is 5.68. The lowest BCUT2D eigenvalue weighted by atomic mass is 9.62. The van der Waals surface area contributed by atoms with Crippen LogP contribution in [0.25, 0.3) is 0 Å². The Morgan fingerprint density at radius 3 is 1.42 bits per heavy atom. The van der Waals surface area contributed by atoms with Gasteiger partial charge in [-0.15, -0.1) is 0 Å². The third kappa shape index (κ3) is 16.6. The lowest BCUT2D eigenvalue weighted by molar-refractivity contribution is 0.0449. The van der Waals surface area contributed by atoms with E-state index in [1.165, 1.54) is 13.7 Å². The maximum absolute atomic E-state index is 14.9. The molecule has 3 amide bonds. The maximum Gasteiger partial charge on any atom is 0.407 e. The summed E-state index contributed by atoms with van der Waals surface area (Å²) in [7, 11) is 0. The van der Waals surface area contributed by atoms with Crippen molar-refractivity contribution >= 4 is 18.3 Å². The van der Waals surface area contributed by atoms with E-state index in [2.05, 4.69) is 93.0 Å². The van der Waals surface area contributed by atoms with Crippen LogP contribution in [-0.4, -0.2) is 144 Å². The molecule has 67 heavy (non-hydrogen) atoms. The van der Waals surface area contributed by atoms with Crippen molar-refractivity contribution in [2.75, 3.05) is 78.7 Å². The molecule has 4 heterocycles. The molecule has 0 bridgehead atoms. The van der Waals surface area contributed by atoms with Crippen molar-refractivity contribution in [2.24, 2.45) is 27.1 Å². The number of nitrogens with one attached hydrogen (secondary N) is 3. The van der Waals surface area contributed by atoms with Crippen LogP contribution in [0, 0.1) is 27.1 Å². The zero-order chi connectivity index (χ0) is 48.8. The number of nitrogens with zero attached hydrogens (tertiary/aromatic N) is 6. The molecule has 1 aromatic heterocycles. The molecule has 6 rings (SSSR count). The molecule has 3 N–H and O–H groups in total. The Labute approximate surface area is 398 Å². The van der Waals surface area contributed by atoms with Crippen LogP contribution in [0.5, 0.6) is 0 Å². The Morgan fingerprint density at radius 2 is 1.01 bits per heavy atom. The topological polar surface area (TPSA) is 190 Å². The molecule has 0 spiro atoms. The largest absolute Gasteiger partial charge is 0.448 e. The molecule has 2 saturated carbocycles. The molecule has 1 aromatic rings. The van der Waals surface area contributed by atoms with Gasteiger partial charge in [-0.2, -0.15) is 0 Å². The highest BCUT2D eigenvalue weighted by Crippen LogP contribution is 2.48. The first kappa shape index (κ1) is 52.5. The van der Waals surface area contributed by atoms with Crippen LogP contribution in [0.2, 0.25) is 0 Å². The van der Waals surface area contributed by atoms with Gasteiger partial charge in [0.1, 0.15) is 19.8 Å².